The SMILES string of the molecule is O=C(O)CCCC(=O)N(CCC(=O)ON1C(=O)CCC1=O)CCC(=O)ON1C(=O)CCC1=O. The lowest BCUT2D eigenvalue weighted by molar-refractivity contribution is -0.198. The fourth-order valence-corrected chi connectivity index (χ4v) is 2.97. The third kappa shape index (κ3) is 7.66. The van der Waals surface area contributed by atoms with Gasteiger partial charge in [-0.2, -0.15) is 0 Å². The van der Waals surface area contributed by atoms with Crippen LogP contribution in [0.1, 0.15) is 57.8 Å². The predicted molar refractivity (Wildman–Crippen MR) is 102 cm³/mol. The number of carbonyl (C=O) groups is 8. The molecule has 0 aromatic rings. The fourth-order valence-electron chi connectivity index (χ4n) is 2.97. The van der Waals surface area contributed by atoms with E-state index in [2.05, 4.69) is 0 Å². The van der Waals surface area contributed by atoms with Gasteiger partial charge in [0.1, 0.15) is 0 Å². The molecular weight excluding hydrogens is 446 g/mol. The van der Waals surface area contributed by atoms with Gasteiger partial charge in [-0.05, 0) is 6.42 Å². The third-order valence-corrected chi connectivity index (χ3v) is 4.70. The summed E-state index contributed by atoms with van der Waals surface area (Å²) in [5.41, 5.74) is 0. The van der Waals surface area contributed by atoms with Crippen LogP contribution in [0.4, 0.5) is 0 Å². The monoisotopic (exact) mass is 469 g/mol. The van der Waals surface area contributed by atoms with E-state index in [1.54, 1.807) is 0 Å². The summed E-state index contributed by atoms with van der Waals surface area (Å²) in [6, 6.07) is 0. The van der Waals surface area contributed by atoms with Crippen LogP contribution < -0.4 is 0 Å². The molecule has 0 aromatic carbocycles. The molecule has 0 bridgehead atoms. The third-order valence-electron chi connectivity index (χ3n) is 4.70. The molecular formula is C19H23N3O11. The van der Waals surface area contributed by atoms with Gasteiger partial charge in [0.25, 0.3) is 23.6 Å². The fraction of sp³-hybridized carbons (Fsp3) is 0.579. The topological polar surface area (TPSA) is 185 Å². The maximum Gasteiger partial charge on any atom is 0.334 e. The number of amides is 5. The maximum atomic E-state index is 12.4. The first kappa shape index (κ1) is 25.4. The molecule has 33 heavy (non-hydrogen) atoms. The lowest BCUT2D eigenvalue weighted by Gasteiger charge is -2.23. The number of rotatable bonds is 12. The number of carbonyl (C=O) groups excluding carboxylic acids is 7. The summed E-state index contributed by atoms with van der Waals surface area (Å²) < 4.78 is 0. The minimum absolute atomic E-state index is 0.0210. The average Bonchev–Trinajstić information content (AvgIpc) is 3.23. The molecule has 180 valence electrons. The highest BCUT2D eigenvalue weighted by Gasteiger charge is 2.34. The van der Waals surface area contributed by atoms with E-state index in [1.807, 2.05) is 0 Å². The Morgan fingerprint density at radius 1 is 0.697 bits per heavy atom. The Balaban J connectivity index is 1.89. The standard InChI is InChI=1S/C19H23N3O11/c23-12(2-1-3-17(28)29)20(10-8-18(30)32-21-13(24)4-5-14(21)25)11-9-19(31)33-22-15(26)6-7-16(22)27/h1-11H2,(H,28,29). The summed E-state index contributed by atoms with van der Waals surface area (Å²) in [6.45, 7) is -0.508. The second kappa shape index (κ2) is 11.7. The van der Waals surface area contributed by atoms with E-state index in [9.17, 15) is 38.4 Å². The van der Waals surface area contributed by atoms with Crippen LogP contribution in [0.3, 0.4) is 0 Å². The lowest BCUT2D eigenvalue weighted by Crippen LogP contribution is -2.38. The average molecular weight is 469 g/mol. The predicted octanol–water partition coefficient (Wildman–Crippen LogP) is -0.935. The summed E-state index contributed by atoms with van der Waals surface area (Å²) in [5, 5.41) is 9.44. The largest absolute Gasteiger partial charge is 0.481 e. The molecule has 5 amide bonds. The number of hydrogen-bond donors (Lipinski definition) is 1. The van der Waals surface area contributed by atoms with Gasteiger partial charge >= 0.3 is 17.9 Å². The van der Waals surface area contributed by atoms with Gasteiger partial charge in [-0.15, -0.1) is 10.1 Å². The molecule has 14 heteroatoms. The van der Waals surface area contributed by atoms with Crippen LogP contribution in [-0.4, -0.2) is 80.7 Å². The van der Waals surface area contributed by atoms with E-state index < -0.39 is 60.3 Å². The molecule has 0 unspecified atom stereocenters. The molecule has 0 saturated carbocycles. The first-order chi connectivity index (χ1) is 15.6. The Hall–Kier alpha value is -3.84. The molecule has 1 N–H and O–H groups in total. The summed E-state index contributed by atoms with van der Waals surface area (Å²) >= 11 is 0. The van der Waals surface area contributed by atoms with Gasteiger partial charge in [0.15, 0.2) is 0 Å². The van der Waals surface area contributed by atoms with E-state index in [0.717, 1.165) is 4.90 Å². The first-order valence-electron chi connectivity index (χ1n) is 10.2. The molecule has 2 heterocycles. The zero-order chi connectivity index (χ0) is 24.5. The molecule has 0 aromatic heterocycles. The number of hydroxylamine groups is 4. The van der Waals surface area contributed by atoms with Gasteiger partial charge in [0.2, 0.25) is 5.91 Å². The summed E-state index contributed by atoms with van der Waals surface area (Å²) in [5.74, 6) is -6.23. The van der Waals surface area contributed by atoms with Gasteiger partial charge in [0, 0.05) is 51.6 Å². The highest BCUT2D eigenvalue weighted by atomic mass is 16.7. The van der Waals surface area contributed by atoms with E-state index in [0.29, 0.717) is 10.1 Å². The number of carboxylic acids is 1. The Morgan fingerprint density at radius 3 is 1.45 bits per heavy atom. The van der Waals surface area contributed by atoms with Crippen molar-refractivity contribution in [2.24, 2.45) is 0 Å². The second-order valence-corrected chi connectivity index (χ2v) is 7.22. The van der Waals surface area contributed by atoms with Crippen LogP contribution in [0.25, 0.3) is 0 Å². The number of carboxylic acid groups (broad SMARTS) is 1. The molecule has 14 nitrogen and oxygen atoms in total. The van der Waals surface area contributed by atoms with Crippen LogP contribution in [0.2, 0.25) is 0 Å². The number of imide groups is 2. The van der Waals surface area contributed by atoms with Gasteiger partial charge in [-0.25, -0.2) is 9.59 Å². The van der Waals surface area contributed by atoms with Crippen LogP contribution in [0.5, 0.6) is 0 Å². The van der Waals surface area contributed by atoms with Crippen molar-refractivity contribution in [1.29, 1.82) is 0 Å². The zero-order valence-electron chi connectivity index (χ0n) is 17.6. The lowest BCUT2D eigenvalue weighted by atomic mass is 10.2. The summed E-state index contributed by atoms with van der Waals surface area (Å²) in [7, 11) is 0. The van der Waals surface area contributed by atoms with Crippen molar-refractivity contribution < 1.29 is 53.1 Å². The minimum Gasteiger partial charge on any atom is -0.481 e. The highest BCUT2D eigenvalue weighted by molar-refractivity contribution is 6.02. The van der Waals surface area contributed by atoms with Gasteiger partial charge in [-0.3, -0.25) is 28.8 Å². The van der Waals surface area contributed by atoms with Crippen molar-refractivity contribution in [2.45, 2.75) is 57.8 Å². The molecule has 2 fully saturated rings. The number of hydrogen-bond acceptors (Lipinski definition) is 10. The van der Waals surface area contributed by atoms with E-state index in [1.165, 1.54) is 0 Å². The highest BCUT2D eigenvalue weighted by Crippen LogP contribution is 2.14. The first-order valence-corrected chi connectivity index (χ1v) is 10.2. The molecule has 2 aliphatic heterocycles. The second-order valence-electron chi connectivity index (χ2n) is 7.22. The molecule has 0 atom stereocenters. The van der Waals surface area contributed by atoms with Crippen molar-refractivity contribution >= 4 is 47.4 Å². The molecule has 0 radical (unpaired) electrons. The van der Waals surface area contributed by atoms with Crippen molar-refractivity contribution in [1.82, 2.24) is 15.0 Å². The van der Waals surface area contributed by atoms with Crippen LogP contribution in [-0.2, 0) is 48.0 Å². The van der Waals surface area contributed by atoms with Gasteiger partial charge < -0.3 is 19.7 Å². The Bertz CT molecular complexity index is 783. The maximum absolute atomic E-state index is 12.4. The van der Waals surface area contributed by atoms with Gasteiger partial charge in [0.05, 0.1) is 12.8 Å². The van der Waals surface area contributed by atoms with Crippen molar-refractivity contribution in [3.8, 4) is 0 Å². The van der Waals surface area contributed by atoms with E-state index >= 15 is 0 Å². The van der Waals surface area contributed by atoms with E-state index in [4.69, 9.17) is 14.8 Å². The summed E-state index contributed by atoms with van der Waals surface area (Å²) in [4.78, 5) is 104. The van der Waals surface area contributed by atoms with Crippen LogP contribution in [0.15, 0.2) is 0 Å². The molecule has 2 aliphatic rings. The Morgan fingerprint density at radius 2 is 1.09 bits per heavy atom. The Kier molecular flexibility index (Phi) is 9.00. The molecule has 2 saturated heterocycles. The number of aliphatic carboxylic acids is 1. The van der Waals surface area contributed by atoms with Gasteiger partial charge in [-0.1, -0.05) is 0 Å². The van der Waals surface area contributed by atoms with Crippen molar-refractivity contribution in [2.75, 3.05) is 13.1 Å². The quantitative estimate of drug-likeness (QED) is 0.348. The molecule has 0 spiro atoms. The van der Waals surface area contributed by atoms with Crippen molar-refractivity contribution in [3.05, 3.63) is 0 Å². The molecule has 0 aliphatic carbocycles. The van der Waals surface area contributed by atoms with Crippen LogP contribution in [0, 0.1) is 0 Å². The van der Waals surface area contributed by atoms with E-state index in [-0.39, 0.29) is 58.0 Å². The Labute approximate surface area is 187 Å². The summed E-state index contributed by atoms with van der Waals surface area (Å²) in [6.07, 6.45) is -1.57. The minimum atomic E-state index is -1.10. The normalized spacial score (nSPS) is 15.8. The number of nitrogens with zero attached hydrogens (tertiary/aromatic N) is 3. The molecule has 2 rings (SSSR count). The smallest absolute Gasteiger partial charge is 0.334 e. The van der Waals surface area contributed by atoms with Crippen LogP contribution >= 0.6 is 0 Å². The zero-order valence-corrected chi connectivity index (χ0v) is 17.6. The van der Waals surface area contributed by atoms with Crippen molar-refractivity contribution in [3.63, 3.8) is 0 Å².